The summed E-state index contributed by atoms with van der Waals surface area (Å²) in [5.74, 6) is 2.55. The van der Waals surface area contributed by atoms with Crippen LogP contribution in [0.5, 0.6) is 5.75 Å². The molecule has 3 rings (SSSR count). The Labute approximate surface area is 160 Å². The highest BCUT2D eigenvalue weighted by Crippen LogP contribution is 2.20. The van der Waals surface area contributed by atoms with Crippen molar-refractivity contribution in [3.63, 3.8) is 0 Å². The predicted molar refractivity (Wildman–Crippen MR) is 109 cm³/mol. The maximum atomic E-state index is 5.38. The van der Waals surface area contributed by atoms with E-state index in [9.17, 15) is 0 Å². The highest BCUT2D eigenvalue weighted by Gasteiger charge is 2.04. The molecule has 2 aromatic carbocycles. The van der Waals surface area contributed by atoms with Gasteiger partial charge in [0.1, 0.15) is 5.75 Å². The van der Waals surface area contributed by atoms with E-state index in [1.807, 2.05) is 30.3 Å². The Hall–Kier alpha value is -3.15. The van der Waals surface area contributed by atoms with Gasteiger partial charge in [-0.2, -0.15) is 10.1 Å². The molecule has 2 N–H and O–H groups in total. The fourth-order valence-corrected chi connectivity index (χ4v) is 2.76. The van der Waals surface area contributed by atoms with Gasteiger partial charge in [-0.3, -0.25) is 0 Å². The van der Waals surface area contributed by atoms with Gasteiger partial charge < -0.3 is 15.4 Å². The van der Waals surface area contributed by atoms with Crippen LogP contribution in [-0.2, 0) is 6.42 Å². The second kappa shape index (κ2) is 8.98. The molecule has 6 nitrogen and oxygen atoms in total. The molecule has 0 saturated carbocycles. The molecule has 0 amide bonds. The summed E-state index contributed by atoms with van der Waals surface area (Å²) < 4.78 is 5.38. The number of methoxy groups -OCH3 is 1. The number of nitrogens with one attached hydrogen (secondary N) is 2. The molecule has 0 fully saturated rings. The monoisotopic (exact) mass is 363 g/mol. The van der Waals surface area contributed by atoms with Crippen molar-refractivity contribution >= 4 is 17.5 Å². The van der Waals surface area contributed by atoms with Crippen LogP contribution in [-0.4, -0.2) is 28.8 Å². The van der Waals surface area contributed by atoms with E-state index in [1.165, 1.54) is 5.56 Å². The van der Waals surface area contributed by atoms with Crippen LogP contribution >= 0.6 is 0 Å². The van der Waals surface area contributed by atoms with E-state index in [0.717, 1.165) is 30.0 Å². The largest absolute Gasteiger partial charge is 0.496 e. The quantitative estimate of drug-likeness (QED) is 0.618. The van der Waals surface area contributed by atoms with Crippen LogP contribution in [0.15, 0.2) is 54.7 Å². The number of benzene rings is 2. The molecule has 0 saturated heterocycles. The van der Waals surface area contributed by atoms with Crippen molar-refractivity contribution < 1.29 is 4.74 Å². The number of ether oxygens (including phenoxy) is 1. The van der Waals surface area contributed by atoms with Crippen molar-refractivity contribution in [3.8, 4) is 5.75 Å². The third-order valence-corrected chi connectivity index (χ3v) is 4.29. The van der Waals surface area contributed by atoms with E-state index in [2.05, 4.69) is 57.9 Å². The minimum atomic E-state index is 0.467. The molecule has 0 spiro atoms. The summed E-state index contributed by atoms with van der Waals surface area (Å²) in [4.78, 5) is 4.47. The highest BCUT2D eigenvalue weighted by molar-refractivity contribution is 5.54. The van der Waals surface area contributed by atoms with E-state index < -0.39 is 0 Å². The number of nitrogens with zero attached hydrogens (tertiary/aromatic N) is 3. The lowest BCUT2D eigenvalue weighted by Gasteiger charge is -2.10. The minimum Gasteiger partial charge on any atom is -0.496 e. The Kier molecular flexibility index (Phi) is 6.20. The minimum absolute atomic E-state index is 0.467. The van der Waals surface area contributed by atoms with Crippen molar-refractivity contribution in [3.05, 3.63) is 65.9 Å². The van der Waals surface area contributed by atoms with E-state index in [1.54, 1.807) is 13.3 Å². The zero-order valence-electron chi connectivity index (χ0n) is 15.9. The van der Waals surface area contributed by atoms with Crippen LogP contribution in [0.1, 0.15) is 30.9 Å². The van der Waals surface area contributed by atoms with Gasteiger partial charge >= 0.3 is 0 Å². The molecular formula is C21H25N5O. The molecule has 0 aliphatic rings. The van der Waals surface area contributed by atoms with Crippen LogP contribution in [0.2, 0.25) is 0 Å². The van der Waals surface area contributed by atoms with E-state index >= 15 is 0 Å². The van der Waals surface area contributed by atoms with E-state index in [-0.39, 0.29) is 0 Å². The molecule has 140 valence electrons. The number of para-hydroxylation sites is 1. The summed E-state index contributed by atoms with van der Waals surface area (Å²) in [6, 6.07) is 16.3. The molecule has 0 aliphatic heterocycles. The van der Waals surface area contributed by atoms with Crippen molar-refractivity contribution in [1.82, 2.24) is 15.2 Å². The number of anilines is 3. The first-order valence-electron chi connectivity index (χ1n) is 9.08. The predicted octanol–water partition coefficient (Wildman–Crippen LogP) is 4.40. The van der Waals surface area contributed by atoms with E-state index in [0.29, 0.717) is 17.7 Å². The fourth-order valence-electron chi connectivity index (χ4n) is 2.76. The summed E-state index contributed by atoms with van der Waals surface area (Å²) in [5.41, 5.74) is 3.39. The Morgan fingerprint density at radius 1 is 1.04 bits per heavy atom. The maximum Gasteiger partial charge on any atom is 0.249 e. The molecule has 6 heteroatoms. The second-order valence-electron chi connectivity index (χ2n) is 6.56. The number of hydrogen-bond donors (Lipinski definition) is 2. The smallest absolute Gasteiger partial charge is 0.249 e. The van der Waals surface area contributed by atoms with Crippen molar-refractivity contribution in [2.24, 2.45) is 0 Å². The van der Waals surface area contributed by atoms with Gasteiger partial charge in [-0.25, -0.2) is 0 Å². The van der Waals surface area contributed by atoms with Gasteiger partial charge in [0, 0.05) is 12.2 Å². The molecule has 3 aromatic rings. The van der Waals surface area contributed by atoms with Gasteiger partial charge in [-0.05, 0) is 41.7 Å². The number of hydrogen-bond acceptors (Lipinski definition) is 6. The molecule has 27 heavy (non-hydrogen) atoms. The highest BCUT2D eigenvalue weighted by atomic mass is 16.5. The van der Waals surface area contributed by atoms with Crippen molar-refractivity contribution in [2.45, 2.75) is 26.2 Å². The van der Waals surface area contributed by atoms with Crippen LogP contribution < -0.4 is 15.4 Å². The van der Waals surface area contributed by atoms with Gasteiger partial charge in [-0.1, -0.05) is 44.2 Å². The third-order valence-electron chi connectivity index (χ3n) is 4.29. The first-order valence-corrected chi connectivity index (χ1v) is 9.08. The Bertz CT molecular complexity index is 864. The normalized spacial score (nSPS) is 10.7. The first kappa shape index (κ1) is 18.6. The van der Waals surface area contributed by atoms with Gasteiger partial charge in [0.2, 0.25) is 5.95 Å². The van der Waals surface area contributed by atoms with Gasteiger partial charge in [0.25, 0.3) is 0 Å². The third kappa shape index (κ3) is 5.17. The lowest BCUT2D eigenvalue weighted by atomic mass is 10.0. The Morgan fingerprint density at radius 3 is 2.56 bits per heavy atom. The fraction of sp³-hybridized carbons (Fsp3) is 0.286. The molecule has 1 heterocycles. The number of aromatic nitrogens is 3. The molecule has 0 atom stereocenters. The topological polar surface area (TPSA) is 72.0 Å². The van der Waals surface area contributed by atoms with E-state index in [4.69, 9.17) is 4.74 Å². The summed E-state index contributed by atoms with van der Waals surface area (Å²) >= 11 is 0. The molecule has 0 unspecified atom stereocenters. The van der Waals surface area contributed by atoms with Crippen LogP contribution in [0.3, 0.4) is 0 Å². The maximum absolute atomic E-state index is 5.38. The van der Waals surface area contributed by atoms with Crippen molar-refractivity contribution in [2.75, 3.05) is 24.3 Å². The SMILES string of the molecule is COc1ccccc1CCNc1cnnc(Nc2ccc(C(C)C)cc2)n1. The van der Waals surface area contributed by atoms with Crippen LogP contribution in [0, 0.1) is 0 Å². The zero-order chi connectivity index (χ0) is 19.1. The summed E-state index contributed by atoms with van der Waals surface area (Å²) in [6.45, 7) is 5.08. The Morgan fingerprint density at radius 2 is 1.81 bits per heavy atom. The summed E-state index contributed by atoms with van der Waals surface area (Å²) in [7, 11) is 1.69. The Balaban J connectivity index is 1.58. The van der Waals surface area contributed by atoms with Gasteiger partial charge in [0.15, 0.2) is 5.82 Å². The first-order chi connectivity index (χ1) is 13.2. The van der Waals surface area contributed by atoms with Gasteiger partial charge in [-0.15, -0.1) is 5.10 Å². The molecule has 0 bridgehead atoms. The molecule has 0 aliphatic carbocycles. The zero-order valence-corrected chi connectivity index (χ0v) is 15.9. The van der Waals surface area contributed by atoms with Gasteiger partial charge in [0.05, 0.1) is 13.3 Å². The average Bonchev–Trinajstić information content (AvgIpc) is 2.69. The van der Waals surface area contributed by atoms with Crippen molar-refractivity contribution in [1.29, 1.82) is 0 Å². The molecular weight excluding hydrogens is 338 g/mol. The summed E-state index contributed by atoms with van der Waals surface area (Å²) in [6.07, 6.45) is 2.45. The number of rotatable bonds is 8. The lowest BCUT2D eigenvalue weighted by molar-refractivity contribution is 0.410. The second-order valence-corrected chi connectivity index (χ2v) is 6.56. The standard InChI is InChI=1S/C21H25N5O/c1-15(2)16-8-10-18(11-9-16)24-21-25-20(14-23-26-21)22-13-12-17-6-4-5-7-19(17)27-3/h4-11,14-15H,12-13H2,1-3H3,(H2,22,24,25,26). The average molecular weight is 363 g/mol. The van der Waals surface area contributed by atoms with Crippen LogP contribution in [0.4, 0.5) is 17.5 Å². The molecule has 1 aromatic heterocycles. The summed E-state index contributed by atoms with van der Waals surface area (Å²) in [5, 5.41) is 14.6. The van der Waals surface area contributed by atoms with Crippen LogP contribution in [0.25, 0.3) is 0 Å². The molecule has 0 radical (unpaired) electrons. The lowest BCUT2D eigenvalue weighted by Crippen LogP contribution is -2.09.